The maximum absolute atomic E-state index is 11.7. The first-order valence-electron chi connectivity index (χ1n) is 5.76. The number of aromatic carboxylic acids is 1. The molecule has 6 heteroatoms. The SMILES string of the molecule is Cc1ccc(CNC(=O)Cn2cccc2C(=O)O)s1. The third-order valence-electron chi connectivity index (χ3n) is 2.62. The Labute approximate surface area is 114 Å². The molecular formula is C13H14N2O3S. The first-order valence-corrected chi connectivity index (χ1v) is 6.58. The number of nitrogens with zero attached hydrogens (tertiary/aromatic N) is 1. The van der Waals surface area contributed by atoms with Crippen LogP contribution in [0.4, 0.5) is 0 Å². The summed E-state index contributed by atoms with van der Waals surface area (Å²) in [5.74, 6) is -1.24. The van der Waals surface area contributed by atoms with Crippen LogP contribution in [0.15, 0.2) is 30.5 Å². The van der Waals surface area contributed by atoms with Gasteiger partial charge in [-0.25, -0.2) is 4.79 Å². The zero-order chi connectivity index (χ0) is 13.8. The molecular weight excluding hydrogens is 264 g/mol. The minimum absolute atomic E-state index is 0.0129. The van der Waals surface area contributed by atoms with Crippen molar-refractivity contribution in [2.24, 2.45) is 0 Å². The van der Waals surface area contributed by atoms with Crippen LogP contribution in [0.2, 0.25) is 0 Å². The second-order valence-electron chi connectivity index (χ2n) is 4.12. The van der Waals surface area contributed by atoms with E-state index in [0.717, 1.165) is 4.88 Å². The van der Waals surface area contributed by atoms with E-state index in [0.29, 0.717) is 6.54 Å². The largest absolute Gasteiger partial charge is 0.477 e. The second-order valence-corrected chi connectivity index (χ2v) is 5.49. The van der Waals surface area contributed by atoms with Crippen molar-refractivity contribution in [2.45, 2.75) is 20.0 Å². The average molecular weight is 278 g/mol. The summed E-state index contributed by atoms with van der Waals surface area (Å²) in [5.41, 5.74) is 0.113. The molecule has 2 aromatic heterocycles. The molecule has 0 atom stereocenters. The van der Waals surface area contributed by atoms with Crippen molar-refractivity contribution in [3.63, 3.8) is 0 Å². The fraction of sp³-hybridized carbons (Fsp3) is 0.231. The molecule has 2 rings (SSSR count). The summed E-state index contributed by atoms with van der Waals surface area (Å²) in [5, 5.41) is 11.7. The van der Waals surface area contributed by atoms with Crippen molar-refractivity contribution in [1.29, 1.82) is 0 Å². The van der Waals surface area contributed by atoms with Gasteiger partial charge >= 0.3 is 5.97 Å². The van der Waals surface area contributed by atoms with Gasteiger partial charge in [-0.05, 0) is 31.2 Å². The number of rotatable bonds is 5. The van der Waals surface area contributed by atoms with E-state index in [9.17, 15) is 9.59 Å². The monoisotopic (exact) mass is 278 g/mol. The van der Waals surface area contributed by atoms with E-state index in [1.807, 2.05) is 19.1 Å². The number of carboxylic acids is 1. The number of hydrogen-bond donors (Lipinski definition) is 2. The summed E-state index contributed by atoms with van der Waals surface area (Å²) in [6, 6.07) is 7.05. The van der Waals surface area contributed by atoms with E-state index >= 15 is 0 Å². The van der Waals surface area contributed by atoms with Crippen LogP contribution in [0.1, 0.15) is 20.2 Å². The van der Waals surface area contributed by atoms with Crippen LogP contribution in [0.25, 0.3) is 0 Å². The predicted octanol–water partition coefficient (Wildman–Crippen LogP) is 1.87. The van der Waals surface area contributed by atoms with Crippen LogP contribution >= 0.6 is 11.3 Å². The standard InChI is InChI=1S/C13H14N2O3S/c1-9-4-5-10(19-9)7-14-12(16)8-15-6-2-3-11(15)13(17)18/h2-6H,7-8H2,1H3,(H,14,16)(H,17,18). The molecule has 2 heterocycles. The highest BCUT2D eigenvalue weighted by Crippen LogP contribution is 2.14. The number of aromatic nitrogens is 1. The van der Waals surface area contributed by atoms with E-state index in [4.69, 9.17) is 5.11 Å². The number of thiophene rings is 1. The van der Waals surface area contributed by atoms with Gasteiger partial charge in [-0.3, -0.25) is 4.79 Å². The summed E-state index contributed by atoms with van der Waals surface area (Å²) in [4.78, 5) is 24.9. The summed E-state index contributed by atoms with van der Waals surface area (Å²) in [6.45, 7) is 2.49. The van der Waals surface area contributed by atoms with E-state index in [1.54, 1.807) is 23.6 Å². The van der Waals surface area contributed by atoms with Gasteiger partial charge in [0.25, 0.3) is 0 Å². The number of carbonyl (C=O) groups is 2. The van der Waals surface area contributed by atoms with Gasteiger partial charge in [0.1, 0.15) is 12.2 Å². The van der Waals surface area contributed by atoms with Gasteiger partial charge in [-0.1, -0.05) is 0 Å². The van der Waals surface area contributed by atoms with Crippen molar-refractivity contribution in [3.8, 4) is 0 Å². The zero-order valence-electron chi connectivity index (χ0n) is 10.4. The topological polar surface area (TPSA) is 71.3 Å². The molecule has 0 aliphatic rings. The lowest BCUT2D eigenvalue weighted by Gasteiger charge is -2.07. The van der Waals surface area contributed by atoms with E-state index < -0.39 is 5.97 Å². The highest BCUT2D eigenvalue weighted by atomic mass is 32.1. The van der Waals surface area contributed by atoms with E-state index in [-0.39, 0.29) is 18.1 Å². The van der Waals surface area contributed by atoms with Crippen LogP contribution in [0, 0.1) is 6.92 Å². The quantitative estimate of drug-likeness (QED) is 0.877. The summed E-state index contributed by atoms with van der Waals surface area (Å²) in [6.07, 6.45) is 1.58. The van der Waals surface area contributed by atoms with Gasteiger partial charge in [0.2, 0.25) is 5.91 Å². The summed E-state index contributed by atoms with van der Waals surface area (Å²) < 4.78 is 1.41. The van der Waals surface area contributed by atoms with Gasteiger partial charge in [0.15, 0.2) is 0 Å². The fourth-order valence-electron chi connectivity index (χ4n) is 1.72. The molecule has 0 bridgehead atoms. The molecule has 0 aromatic carbocycles. The zero-order valence-corrected chi connectivity index (χ0v) is 11.2. The first-order chi connectivity index (χ1) is 9.06. The molecule has 0 aliphatic heterocycles. The molecule has 0 unspecified atom stereocenters. The number of amides is 1. The Morgan fingerprint density at radius 1 is 1.37 bits per heavy atom. The van der Waals surface area contributed by atoms with Gasteiger partial charge < -0.3 is 15.0 Å². The first kappa shape index (κ1) is 13.4. The molecule has 5 nitrogen and oxygen atoms in total. The normalized spacial score (nSPS) is 10.4. The molecule has 2 N–H and O–H groups in total. The Hall–Kier alpha value is -2.08. The van der Waals surface area contributed by atoms with Crippen LogP contribution in [0.3, 0.4) is 0 Å². The van der Waals surface area contributed by atoms with Crippen molar-refractivity contribution >= 4 is 23.2 Å². The highest BCUT2D eigenvalue weighted by molar-refractivity contribution is 7.11. The number of nitrogens with one attached hydrogen (secondary N) is 1. The smallest absolute Gasteiger partial charge is 0.352 e. The molecule has 2 aromatic rings. The molecule has 0 fully saturated rings. The third kappa shape index (κ3) is 3.45. The minimum atomic E-state index is -1.04. The lowest BCUT2D eigenvalue weighted by atomic mass is 10.4. The van der Waals surface area contributed by atoms with Crippen molar-refractivity contribution in [2.75, 3.05) is 0 Å². The second kappa shape index (κ2) is 5.71. The average Bonchev–Trinajstić information content (AvgIpc) is 2.95. The van der Waals surface area contributed by atoms with Crippen molar-refractivity contribution < 1.29 is 14.7 Å². The molecule has 1 amide bonds. The summed E-state index contributed by atoms with van der Waals surface area (Å²) >= 11 is 1.63. The van der Waals surface area contributed by atoms with E-state index in [2.05, 4.69) is 5.32 Å². The fourth-order valence-corrected chi connectivity index (χ4v) is 2.55. The number of hydrogen-bond acceptors (Lipinski definition) is 3. The van der Waals surface area contributed by atoms with Gasteiger partial charge in [-0.15, -0.1) is 11.3 Å². The Morgan fingerprint density at radius 3 is 2.79 bits per heavy atom. The van der Waals surface area contributed by atoms with Crippen LogP contribution < -0.4 is 5.32 Å². The molecule has 0 radical (unpaired) electrons. The minimum Gasteiger partial charge on any atom is -0.477 e. The number of carbonyl (C=O) groups excluding carboxylic acids is 1. The highest BCUT2D eigenvalue weighted by Gasteiger charge is 2.11. The van der Waals surface area contributed by atoms with Crippen LogP contribution in [0.5, 0.6) is 0 Å². The molecule has 0 saturated heterocycles. The third-order valence-corrected chi connectivity index (χ3v) is 3.62. The number of carboxylic acid groups (broad SMARTS) is 1. The predicted molar refractivity (Wildman–Crippen MR) is 72.3 cm³/mol. The Kier molecular flexibility index (Phi) is 4.01. The van der Waals surface area contributed by atoms with Crippen LogP contribution in [-0.2, 0) is 17.9 Å². The molecule has 19 heavy (non-hydrogen) atoms. The van der Waals surface area contributed by atoms with Gasteiger partial charge in [0.05, 0.1) is 6.54 Å². The lowest BCUT2D eigenvalue weighted by molar-refractivity contribution is -0.121. The lowest BCUT2D eigenvalue weighted by Crippen LogP contribution is -2.27. The number of aryl methyl sites for hydroxylation is 1. The maximum Gasteiger partial charge on any atom is 0.352 e. The van der Waals surface area contributed by atoms with E-state index in [1.165, 1.54) is 15.5 Å². The maximum atomic E-state index is 11.7. The molecule has 0 aliphatic carbocycles. The van der Waals surface area contributed by atoms with Crippen molar-refractivity contribution in [3.05, 3.63) is 45.9 Å². The van der Waals surface area contributed by atoms with Crippen molar-refractivity contribution in [1.82, 2.24) is 9.88 Å². The Morgan fingerprint density at radius 2 is 2.16 bits per heavy atom. The Bertz CT molecular complexity index is 601. The Balaban J connectivity index is 1.90. The summed E-state index contributed by atoms with van der Waals surface area (Å²) in [7, 11) is 0. The molecule has 100 valence electrons. The van der Waals surface area contributed by atoms with Crippen LogP contribution in [-0.4, -0.2) is 21.6 Å². The molecule has 0 saturated carbocycles. The van der Waals surface area contributed by atoms with Gasteiger partial charge in [0, 0.05) is 16.0 Å². The molecule has 0 spiro atoms. The van der Waals surface area contributed by atoms with Gasteiger partial charge in [-0.2, -0.15) is 0 Å².